The van der Waals surface area contributed by atoms with Gasteiger partial charge in [0.2, 0.25) is 11.8 Å². The van der Waals surface area contributed by atoms with Crippen LogP contribution < -0.4 is 4.74 Å². The second-order valence-electron chi connectivity index (χ2n) is 8.53. The van der Waals surface area contributed by atoms with E-state index in [0.29, 0.717) is 11.8 Å². The van der Waals surface area contributed by atoms with Gasteiger partial charge in [0.15, 0.2) is 0 Å². The van der Waals surface area contributed by atoms with Crippen molar-refractivity contribution in [1.82, 2.24) is 14.8 Å². The minimum Gasteiger partial charge on any atom is -0.491 e. The number of hydrogen-bond donors (Lipinski definition) is 0. The van der Waals surface area contributed by atoms with Crippen LogP contribution in [0.2, 0.25) is 0 Å². The van der Waals surface area contributed by atoms with Crippen molar-refractivity contribution in [1.29, 1.82) is 0 Å². The van der Waals surface area contributed by atoms with Crippen LogP contribution in [0.4, 0.5) is 0 Å². The lowest BCUT2D eigenvalue weighted by Gasteiger charge is -2.09. The molecule has 0 spiro atoms. The van der Waals surface area contributed by atoms with E-state index in [2.05, 4.69) is 75.4 Å². The van der Waals surface area contributed by atoms with Crippen LogP contribution in [0, 0.1) is 0 Å². The Morgan fingerprint density at radius 1 is 0.676 bits per heavy atom. The predicted molar refractivity (Wildman–Crippen MR) is 135 cm³/mol. The van der Waals surface area contributed by atoms with Crippen molar-refractivity contribution in [3.05, 3.63) is 97.1 Å². The third kappa shape index (κ3) is 3.52. The van der Waals surface area contributed by atoms with Gasteiger partial charge in [-0.25, -0.2) is 0 Å². The summed E-state index contributed by atoms with van der Waals surface area (Å²) >= 11 is 0. The average molecular weight is 446 g/mol. The summed E-state index contributed by atoms with van der Waals surface area (Å²) in [5, 5.41) is 11.1. The highest BCUT2D eigenvalue weighted by atomic mass is 16.5. The second kappa shape index (κ2) is 8.19. The fourth-order valence-electron chi connectivity index (χ4n) is 4.41. The Kier molecular flexibility index (Phi) is 4.88. The topological polar surface area (TPSA) is 53.1 Å². The molecule has 6 rings (SSSR count). The molecule has 0 aliphatic heterocycles. The monoisotopic (exact) mass is 445 g/mol. The van der Waals surface area contributed by atoms with Gasteiger partial charge in [0.1, 0.15) is 5.75 Å². The number of ether oxygens (including phenoxy) is 1. The molecule has 5 heteroatoms. The van der Waals surface area contributed by atoms with Gasteiger partial charge in [-0.2, -0.15) is 0 Å². The van der Waals surface area contributed by atoms with Crippen LogP contribution in [0.5, 0.6) is 5.75 Å². The van der Waals surface area contributed by atoms with E-state index >= 15 is 0 Å². The van der Waals surface area contributed by atoms with Gasteiger partial charge in [0.05, 0.1) is 17.1 Å². The minimum absolute atomic E-state index is 0.0945. The van der Waals surface area contributed by atoms with Crippen LogP contribution >= 0.6 is 0 Å². The number of rotatable bonds is 5. The number of aromatic nitrogens is 3. The molecule has 0 bridgehead atoms. The van der Waals surface area contributed by atoms with E-state index in [4.69, 9.17) is 9.15 Å². The quantitative estimate of drug-likeness (QED) is 0.280. The Hall–Kier alpha value is -4.38. The largest absolute Gasteiger partial charge is 0.491 e. The predicted octanol–water partition coefficient (Wildman–Crippen LogP) is 7.29. The van der Waals surface area contributed by atoms with Crippen LogP contribution in [0.15, 0.2) is 101 Å². The molecule has 34 heavy (non-hydrogen) atoms. The lowest BCUT2D eigenvalue weighted by atomic mass is 10.2. The first-order chi connectivity index (χ1) is 16.7. The van der Waals surface area contributed by atoms with E-state index in [0.717, 1.165) is 33.6 Å². The number of hydrogen-bond acceptors (Lipinski definition) is 4. The van der Waals surface area contributed by atoms with Gasteiger partial charge in [-0.05, 0) is 62.4 Å². The highest BCUT2D eigenvalue weighted by molar-refractivity contribution is 6.09. The lowest BCUT2D eigenvalue weighted by Crippen LogP contribution is -2.05. The van der Waals surface area contributed by atoms with Crippen molar-refractivity contribution >= 4 is 21.8 Å². The van der Waals surface area contributed by atoms with E-state index in [1.54, 1.807) is 0 Å². The molecule has 0 unspecified atom stereocenters. The fraction of sp³-hybridized carbons (Fsp3) is 0.103. The zero-order chi connectivity index (χ0) is 23.1. The van der Waals surface area contributed by atoms with Crippen molar-refractivity contribution in [3.63, 3.8) is 0 Å². The van der Waals surface area contributed by atoms with Crippen LogP contribution in [0.1, 0.15) is 13.8 Å². The van der Waals surface area contributed by atoms with Crippen molar-refractivity contribution in [3.8, 4) is 34.3 Å². The van der Waals surface area contributed by atoms with E-state index in [-0.39, 0.29) is 6.10 Å². The molecule has 6 aromatic rings. The standard InChI is InChI=1S/C29H23N3O2/c1-19(2)33-23-12-8-10-21(18-23)29-31-30-28(34-29)20-9-7-11-22(17-20)32-26-15-5-3-13-24(26)25-14-4-6-16-27(25)32/h3-19H,1-2H3. The molecular weight excluding hydrogens is 422 g/mol. The molecule has 0 saturated heterocycles. The van der Waals surface area contributed by atoms with Gasteiger partial charge < -0.3 is 13.7 Å². The number of para-hydroxylation sites is 2. The molecule has 2 aromatic heterocycles. The maximum atomic E-state index is 6.08. The molecule has 0 saturated carbocycles. The molecule has 0 aliphatic rings. The van der Waals surface area contributed by atoms with Gasteiger partial charge in [0.25, 0.3) is 0 Å². The SMILES string of the molecule is CC(C)Oc1cccc(-c2nnc(-c3cccc(-n4c5ccccc5c5ccccc54)c3)o2)c1. The molecule has 2 heterocycles. The maximum absolute atomic E-state index is 6.08. The number of nitrogens with zero attached hydrogens (tertiary/aromatic N) is 3. The Morgan fingerprint density at radius 2 is 1.26 bits per heavy atom. The molecule has 166 valence electrons. The fourth-order valence-corrected chi connectivity index (χ4v) is 4.41. The summed E-state index contributed by atoms with van der Waals surface area (Å²) in [7, 11) is 0. The Bertz CT molecular complexity index is 1570. The maximum Gasteiger partial charge on any atom is 0.248 e. The summed E-state index contributed by atoms with van der Waals surface area (Å²) in [6, 6.07) is 32.9. The molecule has 0 aliphatic carbocycles. The molecule has 4 aromatic carbocycles. The smallest absolute Gasteiger partial charge is 0.248 e. The highest BCUT2D eigenvalue weighted by Crippen LogP contribution is 2.33. The highest BCUT2D eigenvalue weighted by Gasteiger charge is 2.15. The van der Waals surface area contributed by atoms with Gasteiger partial charge in [-0.15, -0.1) is 10.2 Å². The minimum atomic E-state index is 0.0945. The normalized spacial score (nSPS) is 11.5. The van der Waals surface area contributed by atoms with Crippen LogP contribution in [-0.4, -0.2) is 20.9 Å². The summed E-state index contributed by atoms with van der Waals surface area (Å²) in [6.45, 7) is 4.00. The van der Waals surface area contributed by atoms with E-state index in [1.165, 1.54) is 10.8 Å². The zero-order valence-corrected chi connectivity index (χ0v) is 19.0. The molecule has 0 radical (unpaired) electrons. The van der Waals surface area contributed by atoms with E-state index < -0.39 is 0 Å². The van der Waals surface area contributed by atoms with Crippen molar-refractivity contribution < 1.29 is 9.15 Å². The summed E-state index contributed by atoms with van der Waals surface area (Å²) in [4.78, 5) is 0. The Labute approximate surface area is 197 Å². The lowest BCUT2D eigenvalue weighted by molar-refractivity contribution is 0.242. The van der Waals surface area contributed by atoms with Crippen LogP contribution in [0.3, 0.4) is 0 Å². The first-order valence-electron chi connectivity index (χ1n) is 11.4. The summed E-state index contributed by atoms with van der Waals surface area (Å²) in [5.74, 6) is 1.72. The summed E-state index contributed by atoms with van der Waals surface area (Å²) in [6.07, 6.45) is 0.0945. The first-order valence-corrected chi connectivity index (χ1v) is 11.4. The van der Waals surface area contributed by atoms with Gasteiger partial charge in [0, 0.05) is 27.6 Å². The molecule has 0 fully saturated rings. The molecular formula is C29H23N3O2. The number of fused-ring (bicyclic) bond motifs is 3. The van der Waals surface area contributed by atoms with Crippen molar-refractivity contribution in [2.75, 3.05) is 0 Å². The molecule has 5 nitrogen and oxygen atoms in total. The van der Waals surface area contributed by atoms with Crippen molar-refractivity contribution in [2.45, 2.75) is 20.0 Å². The van der Waals surface area contributed by atoms with Crippen molar-refractivity contribution in [2.24, 2.45) is 0 Å². The average Bonchev–Trinajstić information content (AvgIpc) is 3.48. The summed E-state index contributed by atoms with van der Waals surface area (Å²) < 4.78 is 14.2. The molecule has 0 N–H and O–H groups in total. The second-order valence-corrected chi connectivity index (χ2v) is 8.53. The van der Waals surface area contributed by atoms with E-state index in [1.807, 2.05) is 50.2 Å². The Balaban J connectivity index is 1.42. The Morgan fingerprint density at radius 3 is 1.91 bits per heavy atom. The van der Waals surface area contributed by atoms with Crippen LogP contribution in [-0.2, 0) is 0 Å². The number of benzene rings is 4. The van der Waals surface area contributed by atoms with Gasteiger partial charge in [-0.3, -0.25) is 0 Å². The molecule has 0 atom stereocenters. The third-order valence-corrected chi connectivity index (χ3v) is 5.81. The summed E-state index contributed by atoms with van der Waals surface area (Å²) in [5.41, 5.74) is 5.06. The van der Waals surface area contributed by atoms with Gasteiger partial charge >= 0.3 is 0 Å². The van der Waals surface area contributed by atoms with Crippen LogP contribution in [0.25, 0.3) is 50.4 Å². The first kappa shape index (κ1) is 20.2. The third-order valence-electron chi connectivity index (χ3n) is 5.81. The zero-order valence-electron chi connectivity index (χ0n) is 19.0. The van der Waals surface area contributed by atoms with Gasteiger partial charge in [-0.1, -0.05) is 48.5 Å². The van der Waals surface area contributed by atoms with E-state index in [9.17, 15) is 0 Å². The molecule has 0 amide bonds.